The smallest absolute Gasteiger partial charge is 0.308 e. The van der Waals surface area contributed by atoms with Crippen LogP contribution in [0.25, 0.3) is 0 Å². The number of aliphatic carboxylic acids is 1. The Hall–Kier alpha value is -1.06. The van der Waals surface area contributed by atoms with Crippen molar-refractivity contribution in [3.63, 3.8) is 0 Å². The predicted molar refractivity (Wildman–Crippen MR) is 45.0 cm³/mol. The Balaban J connectivity index is 2.10. The molecule has 1 N–H and O–H groups in total. The Morgan fingerprint density at radius 2 is 2.15 bits per heavy atom. The van der Waals surface area contributed by atoms with E-state index in [4.69, 9.17) is 5.11 Å². The summed E-state index contributed by atoms with van der Waals surface area (Å²) in [6.45, 7) is 2.25. The van der Waals surface area contributed by atoms with Crippen LogP contribution in [0.4, 0.5) is 0 Å². The fourth-order valence-electron chi connectivity index (χ4n) is 2.47. The van der Waals surface area contributed by atoms with Crippen molar-refractivity contribution in [3.8, 4) is 0 Å². The van der Waals surface area contributed by atoms with Gasteiger partial charge in [0.2, 0.25) is 5.91 Å². The Labute approximate surface area is 76.5 Å². The van der Waals surface area contributed by atoms with Crippen LogP contribution >= 0.6 is 0 Å². The van der Waals surface area contributed by atoms with E-state index in [1.165, 1.54) is 6.92 Å². The first kappa shape index (κ1) is 8.53. The van der Waals surface area contributed by atoms with E-state index in [2.05, 4.69) is 0 Å². The van der Waals surface area contributed by atoms with E-state index in [1.54, 1.807) is 4.90 Å². The number of carboxylic acids is 1. The lowest BCUT2D eigenvalue weighted by Gasteiger charge is -2.24. The molecule has 4 heteroatoms. The van der Waals surface area contributed by atoms with Gasteiger partial charge in [0.25, 0.3) is 0 Å². The highest BCUT2D eigenvalue weighted by molar-refractivity contribution is 5.80. The Kier molecular flexibility index (Phi) is 1.78. The van der Waals surface area contributed by atoms with Crippen LogP contribution < -0.4 is 0 Å². The number of amides is 1. The van der Waals surface area contributed by atoms with E-state index in [1.807, 2.05) is 0 Å². The monoisotopic (exact) mass is 183 g/mol. The number of likely N-dealkylation sites (tertiary alicyclic amines) is 1. The van der Waals surface area contributed by atoms with Gasteiger partial charge in [0.1, 0.15) is 0 Å². The maximum absolute atomic E-state index is 11.1. The molecule has 0 aromatic heterocycles. The van der Waals surface area contributed by atoms with Crippen LogP contribution in [0.15, 0.2) is 0 Å². The second-order valence-corrected chi connectivity index (χ2v) is 3.87. The molecule has 0 spiro atoms. The third-order valence-electron chi connectivity index (χ3n) is 3.11. The van der Waals surface area contributed by atoms with Crippen LogP contribution in [0.1, 0.15) is 19.8 Å². The van der Waals surface area contributed by atoms with Crippen LogP contribution in [0.2, 0.25) is 0 Å². The molecular formula is C9H13NO3. The normalized spacial score (nSPS) is 36.7. The lowest BCUT2D eigenvalue weighted by molar-refractivity contribution is -0.139. The second kappa shape index (κ2) is 2.72. The fourth-order valence-corrected chi connectivity index (χ4v) is 2.47. The SMILES string of the molecule is CC(=O)N1CCCC2C(C(=O)O)C21. The first-order valence-electron chi connectivity index (χ1n) is 4.63. The number of hydrogen-bond acceptors (Lipinski definition) is 2. The molecule has 0 bridgehead atoms. The van der Waals surface area contributed by atoms with Gasteiger partial charge in [-0.1, -0.05) is 0 Å². The zero-order valence-corrected chi connectivity index (χ0v) is 7.56. The number of rotatable bonds is 1. The minimum absolute atomic E-state index is 0.00347. The van der Waals surface area contributed by atoms with Crippen molar-refractivity contribution in [2.45, 2.75) is 25.8 Å². The van der Waals surface area contributed by atoms with Gasteiger partial charge in [-0.05, 0) is 18.8 Å². The molecule has 2 rings (SSSR count). The third-order valence-corrected chi connectivity index (χ3v) is 3.11. The molecule has 2 aliphatic rings. The maximum atomic E-state index is 11.1. The van der Waals surface area contributed by atoms with Crippen LogP contribution in [-0.2, 0) is 9.59 Å². The lowest BCUT2D eigenvalue weighted by atomic mass is 10.1. The number of carbonyl (C=O) groups is 2. The standard InChI is InChI=1S/C9H13NO3/c1-5(11)10-4-2-3-6-7(8(6)10)9(12)13/h6-8H,2-4H2,1H3,(H,12,13). The van der Waals surface area contributed by atoms with E-state index in [0.717, 1.165) is 19.4 Å². The minimum Gasteiger partial charge on any atom is -0.481 e. The van der Waals surface area contributed by atoms with Gasteiger partial charge in [0.15, 0.2) is 0 Å². The highest BCUT2D eigenvalue weighted by Crippen LogP contribution is 2.49. The molecule has 3 unspecified atom stereocenters. The van der Waals surface area contributed by atoms with Crippen LogP contribution in [-0.4, -0.2) is 34.5 Å². The van der Waals surface area contributed by atoms with E-state index in [-0.39, 0.29) is 23.8 Å². The Morgan fingerprint density at radius 3 is 2.69 bits per heavy atom. The summed E-state index contributed by atoms with van der Waals surface area (Å²) in [5, 5.41) is 8.85. The molecule has 72 valence electrons. The van der Waals surface area contributed by atoms with Gasteiger partial charge in [0, 0.05) is 19.5 Å². The maximum Gasteiger partial charge on any atom is 0.308 e. The first-order valence-corrected chi connectivity index (χ1v) is 4.63. The summed E-state index contributed by atoms with van der Waals surface area (Å²) in [4.78, 5) is 23.6. The second-order valence-electron chi connectivity index (χ2n) is 3.87. The number of carbonyl (C=O) groups excluding carboxylic acids is 1. The number of carboxylic acid groups (broad SMARTS) is 1. The molecule has 0 aromatic carbocycles. The predicted octanol–water partition coefficient (Wildman–Crippen LogP) is 0.328. The molecule has 1 aliphatic carbocycles. The molecule has 2 fully saturated rings. The van der Waals surface area contributed by atoms with Crippen molar-refractivity contribution in [3.05, 3.63) is 0 Å². The van der Waals surface area contributed by atoms with E-state index in [9.17, 15) is 9.59 Å². The molecule has 3 atom stereocenters. The topological polar surface area (TPSA) is 57.6 Å². The zero-order valence-electron chi connectivity index (χ0n) is 7.56. The molecule has 1 aliphatic heterocycles. The highest BCUT2D eigenvalue weighted by Gasteiger charge is 2.59. The molecule has 1 saturated heterocycles. The van der Waals surface area contributed by atoms with Gasteiger partial charge in [0.05, 0.1) is 5.92 Å². The fraction of sp³-hybridized carbons (Fsp3) is 0.778. The summed E-state index contributed by atoms with van der Waals surface area (Å²) < 4.78 is 0. The van der Waals surface area contributed by atoms with E-state index in [0.29, 0.717) is 0 Å². The summed E-state index contributed by atoms with van der Waals surface area (Å²) in [6, 6.07) is 0.00347. The zero-order chi connectivity index (χ0) is 9.59. The van der Waals surface area contributed by atoms with E-state index < -0.39 is 5.97 Å². The summed E-state index contributed by atoms with van der Waals surface area (Å²) in [6.07, 6.45) is 1.91. The van der Waals surface area contributed by atoms with Crippen LogP contribution in [0.3, 0.4) is 0 Å². The molecule has 1 heterocycles. The average molecular weight is 183 g/mol. The molecule has 0 aromatic rings. The van der Waals surface area contributed by atoms with Crippen LogP contribution in [0.5, 0.6) is 0 Å². The van der Waals surface area contributed by atoms with Crippen molar-refractivity contribution in [2.75, 3.05) is 6.54 Å². The Bertz CT molecular complexity index is 264. The Morgan fingerprint density at radius 1 is 1.46 bits per heavy atom. The van der Waals surface area contributed by atoms with E-state index >= 15 is 0 Å². The van der Waals surface area contributed by atoms with Crippen LogP contribution in [0, 0.1) is 11.8 Å². The van der Waals surface area contributed by atoms with Gasteiger partial charge in [-0.3, -0.25) is 9.59 Å². The number of fused-ring (bicyclic) bond motifs is 1. The highest BCUT2D eigenvalue weighted by atomic mass is 16.4. The van der Waals surface area contributed by atoms with Crippen molar-refractivity contribution in [1.82, 2.24) is 4.90 Å². The van der Waals surface area contributed by atoms with Crippen molar-refractivity contribution in [2.24, 2.45) is 11.8 Å². The van der Waals surface area contributed by atoms with Crippen molar-refractivity contribution < 1.29 is 14.7 Å². The van der Waals surface area contributed by atoms with Gasteiger partial charge >= 0.3 is 5.97 Å². The van der Waals surface area contributed by atoms with Crippen molar-refractivity contribution in [1.29, 1.82) is 0 Å². The molecule has 1 amide bonds. The third kappa shape index (κ3) is 1.20. The minimum atomic E-state index is -0.747. The lowest BCUT2D eigenvalue weighted by Crippen LogP contribution is -2.36. The average Bonchev–Trinajstić information content (AvgIpc) is 2.76. The number of piperidine rings is 1. The molecule has 0 radical (unpaired) electrons. The summed E-state index contributed by atoms with van der Waals surface area (Å²) in [7, 11) is 0. The number of hydrogen-bond donors (Lipinski definition) is 1. The molecule has 4 nitrogen and oxygen atoms in total. The first-order chi connectivity index (χ1) is 6.13. The van der Waals surface area contributed by atoms with Gasteiger partial charge < -0.3 is 10.0 Å². The summed E-state index contributed by atoms with van der Waals surface area (Å²) >= 11 is 0. The number of nitrogens with zero attached hydrogens (tertiary/aromatic N) is 1. The summed E-state index contributed by atoms with van der Waals surface area (Å²) in [5.41, 5.74) is 0. The summed E-state index contributed by atoms with van der Waals surface area (Å²) in [5.74, 6) is -0.789. The van der Waals surface area contributed by atoms with Gasteiger partial charge in [-0.15, -0.1) is 0 Å². The largest absolute Gasteiger partial charge is 0.481 e. The molecular weight excluding hydrogens is 170 g/mol. The van der Waals surface area contributed by atoms with Gasteiger partial charge in [-0.2, -0.15) is 0 Å². The molecule has 1 saturated carbocycles. The quantitative estimate of drug-likeness (QED) is 0.637. The van der Waals surface area contributed by atoms with Gasteiger partial charge in [-0.25, -0.2) is 0 Å². The molecule has 13 heavy (non-hydrogen) atoms. The van der Waals surface area contributed by atoms with Crippen molar-refractivity contribution >= 4 is 11.9 Å².